The molecule has 2 rings (SSSR count). The van der Waals surface area contributed by atoms with E-state index in [1.54, 1.807) is 18.2 Å². The Kier molecular flexibility index (Phi) is 3.62. The summed E-state index contributed by atoms with van der Waals surface area (Å²) in [5, 5.41) is 15.2. The molecule has 1 aromatic carbocycles. The average molecular weight is 250 g/mol. The number of nitrogens with zero attached hydrogens (tertiary/aromatic N) is 1. The highest BCUT2D eigenvalue weighted by molar-refractivity contribution is 6.31. The predicted molar refractivity (Wildman–Crippen MR) is 65.8 cm³/mol. The number of anilines is 1. The molecular weight excluding hydrogens is 238 g/mol. The maximum Gasteiger partial charge on any atom is 0.224 e. The summed E-state index contributed by atoms with van der Waals surface area (Å²) in [5.74, 6) is 0.329. The minimum Gasteiger partial charge on any atom is -0.325 e. The third-order valence-electron chi connectivity index (χ3n) is 2.72. The molecule has 2 N–H and O–H groups in total. The summed E-state index contributed by atoms with van der Waals surface area (Å²) in [4.78, 5) is 11.7. The van der Waals surface area contributed by atoms with Crippen LogP contribution in [0.3, 0.4) is 0 Å². The summed E-state index contributed by atoms with van der Waals surface area (Å²) < 4.78 is 0. The van der Waals surface area contributed by atoms with Crippen molar-refractivity contribution in [3.63, 3.8) is 0 Å². The Balaban J connectivity index is 2.04. The third-order valence-corrected chi connectivity index (χ3v) is 2.95. The molecule has 0 atom stereocenters. The fraction of sp³-hybridized carbons (Fsp3) is 0.333. The molecule has 1 saturated heterocycles. The Morgan fingerprint density at radius 1 is 1.59 bits per heavy atom. The molecule has 5 heteroatoms. The van der Waals surface area contributed by atoms with Crippen molar-refractivity contribution in [2.45, 2.75) is 6.42 Å². The van der Waals surface area contributed by atoms with Gasteiger partial charge in [0.05, 0.1) is 11.3 Å². The zero-order chi connectivity index (χ0) is 12.3. The Hall–Kier alpha value is -1.57. The van der Waals surface area contributed by atoms with E-state index in [9.17, 15) is 4.79 Å². The average Bonchev–Trinajstić information content (AvgIpc) is 2.24. The molecular formula is C12H12ClN3O. The van der Waals surface area contributed by atoms with E-state index >= 15 is 0 Å². The van der Waals surface area contributed by atoms with Crippen molar-refractivity contribution in [3.05, 3.63) is 28.8 Å². The highest BCUT2D eigenvalue weighted by Gasteiger charge is 2.20. The second-order valence-electron chi connectivity index (χ2n) is 4.08. The molecule has 0 bridgehead atoms. The summed E-state index contributed by atoms with van der Waals surface area (Å²) in [6.45, 7) is 1.77. The normalized spacial score (nSPS) is 14.8. The van der Waals surface area contributed by atoms with Crippen LogP contribution in [0, 0.1) is 17.2 Å². The first-order valence-electron chi connectivity index (χ1n) is 5.39. The lowest BCUT2D eigenvalue weighted by Crippen LogP contribution is -2.43. The van der Waals surface area contributed by atoms with Crippen molar-refractivity contribution in [2.75, 3.05) is 18.4 Å². The van der Waals surface area contributed by atoms with Crippen LogP contribution in [0.4, 0.5) is 5.69 Å². The molecule has 0 aromatic heterocycles. The van der Waals surface area contributed by atoms with Crippen molar-refractivity contribution >= 4 is 23.2 Å². The van der Waals surface area contributed by atoms with Crippen molar-refractivity contribution in [2.24, 2.45) is 5.92 Å². The van der Waals surface area contributed by atoms with Gasteiger partial charge in [-0.2, -0.15) is 5.26 Å². The lowest BCUT2D eigenvalue weighted by atomic mass is 9.99. The van der Waals surface area contributed by atoms with E-state index in [1.807, 2.05) is 6.07 Å². The van der Waals surface area contributed by atoms with Crippen LogP contribution in [-0.2, 0) is 4.79 Å². The number of nitrogens with one attached hydrogen (secondary N) is 2. The Labute approximate surface area is 105 Å². The lowest BCUT2D eigenvalue weighted by Gasteiger charge is -2.26. The Morgan fingerprint density at radius 3 is 2.94 bits per heavy atom. The molecule has 0 unspecified atom stereocenters. The SMILES string of the molecule is N#Cc1ccc(Cl)cc1NC(=O)CC1CNC1. The van der Waals surface area contributed by atoms with Gasteiger partial charge >= 0.3 is 0 Å². The largest absolute Gasteiger partial charge is 0.325 e. The van der Waals surface area contributed by atoms with Gasteiger partial charge in [0.15, 0.2) is 0 Å². The number of carbonyl (C=O) groups excluding carboxylic acids is 1. The van der Waals surface area contributed by atoms with E-state index in [1.165, 1.54) is 0 Å². The zero-order valence-corrected chi connectivity index (χ0v) is 9.92. The molecule has 1 aliphatic heterocycles. The molecule has 88 valence electrons. The lowest BCUT2D eigenvalue weighted by molar-refractivity contribution is -0.117. The summed E-state index contributed by atoms with van der Waals surface area (Å²) >= 11 is 5.83. The number of hydrogen-bond donors (Lipinski definition) is 2. The van der Waals surface area contributed by atoms with E-state index in [-0.39, 0.29) is 5.91 Å². The highest BCUT2D eigenvalue weighted by Crippen LogP contribution is 2.21. The predicted octanol–water partition coefficient (Wildman–Crippen LogP) is 1.76. The maximum atomic E-state index is 11.7. The van der Waals surface area contributed by atoms with Gasteiger partial charge in [-0.25, -0.2) is 0 Å². The van der Waals surface area contributed by atoms with Gasteiger partial charge < -0.3 is 10.6 Å². The number of hydrogen-bond acceptors (Lipinski definition) is 3. The highest BCUT2D eigenvalue weighted by atomic mass is 35.5. The van der Waals surface area contributed by atoms with Crippen molar-refractivity contribution in [1.29, 1.82) is 5.26 Å². The van der Waals surface area contributed by atoms with Crippen LogP contribution >= 0.6 is 11.6 Å². The van der Waals surface area contributed by atoms with Crippen LogP contribution in [0.25, 0.3) is 0 Å². The summed E-state index contributed by atoms with van der Waals surface area (Å²) in [6.07, 6.45) is 0.477. The van der Waals surface area contributed by atoms with E-state index < -0.39 is 0 Å². The van der Waals surface area contributed by atoms with E-state index in [2.05, 4.69) is 10.6 Å². The second-order valence-corrected chi connectivity index (χ2v) is 4.51. The summed E-state index contributed by atoms with van der Waals surface area (Å²) in [5.41, 5.74) is 0.909. The smallest absolute Gasteiger partial charge is 0.224 e. The number of benzene rings is 1. The molecule has 0 saturated carbocycles. The first-order valence-corrected chi connectivity index (χ1v) is 5.77. The first kappa shape index (κ1) is 11.9. The van der Waals surface area contributed by atoms with Gasteiger partial charge in [-0.1, -0.05) is 11.6 Å². The van der Waals surface area contributed by atoms with Crippen LogP contribution < -0.4 is 10.6 Å². The minimum absolute atomic E-state index is 0.0738. The number of nitriles is 1. The molecule has 0 aliphatic carbocycles. The third kappa shape index (κ3) is 2.96. The molecule has 0 spiro atoms. The number of carbonyl (C=O) groups is 1. The standard InChI is InChI=1S/C12H12ClN3O/c13-10-2-1-9(5-14)11(4-10)16-12(17)3-8-6-15-7-8/h1-2,4,8,15H,3,6-7H2,(H,16,17). The molecule has 0 radical (unpaired) electrons. The second kappa shape index (κ2) is 5.17. The van der Waals surface area contributed by atoms with Crippen molar-refractivity contribution in [1.82, 2.24) is 5.32 Å². The maximum absolute atomic E-state index is 11.7. The Morgan fingerprint density at radius 2 is 2.35 bits per heavy atom. The number of amides is 1. The van der Waals surface area contributed by atoms with Crippen LogP contribution in [0.5, 0.6) is 0 Å². The van der Waals surface area contributed by atoms with Crippen molar-refractivity contribution < 1.29 is 4.79 Å². The van der Waals surface area contributed by atoms with Crippen molar-refractivity contribution in [3.8, 4) is 6.07 Å². The van der Waals surface area contributed by atoms with E-state index in [4.69, 9.17) is 16.9 Å². The van der Waals surface area contributed by atoms with Gasteiger partial charge in [-0.05, 0) is 37.2 Å². The summed E-state index contributed by atoms with van der Waals surface area (Å²) in [7, 11) is 0. The topological polar surface area (TPSA) is 64.9 Å². The first-order chi connectivity index (χ1) is 8.19. The number of rotatable bonds is 3. The van der Waals surface area contributed by atoms with Crippen LogP contribution in [0.2, 0.25) is 5.02 Å². The zero-order valence-electron chi connectivity index (χ0n) is 9.16. The van der Waals surface area contributed by atoms with E-state index in [0.717, 1.165) is 13.1 Å². The molecule has 1 aliphatic rings. The van der Waals surface area contributed by atoms with Gasteiger partial charge in [-0.15, -0.1) is 0 Å². The van der Waals surface area contributed by atoms with Crippen LogP contribution in [-0.4, -0.2) is 19.0 Å². The summed E-state index contributed by atoms with van der Waals surface area (Å²) in [6, 6.07) is 6.85. The van der Waals surface area contributed by atoms with E-state index in [0.29, 0.717) is 28.6 Å². The van der Waals surface area contributed by atoms with Gasteiger partial charge in [0.2, 0.25) is 5.91 Å². The molecule has 1 heterocycles. The molecule has 17 heavy (non-hydrogen) atoms. The number of halogens is 1. The van der Waals surface area contributed by atoms with Gasteiger partial charge in [-0.3, -0.25) is 4.79 Å². The fourth-order valence-electron chi connectivity index (χ4n) is 1.67. The Bertz CT molecular complexity index is 477. The molecule has 1 fully saturated rings. The van der Waals surface area contributed by atoms with Crippen LogP contribution in [0.1, 0.15) is 12.0 Å². The molecule has 4 nitrogen and oxygen atoms in total. The fourth-order valence-corrected chi connectivity index (χ4v) is 1.85. The monoisotopic (exact) mass is 249 g/mol. The molecule has 1 amide bonds. The quantitative estimate of drug-likeness (QED) is 0.858. The van der Waals surface area contributed by atoms with Crippen LogP contribution in [0.15, 0.2) is 18.2 Å². The van der Waals surface area contributed by atoms with Gasteiger partial charge in [0.25, 0.3) is 0 Å². The van der Waals surface area contributed by atoms with Gasteiger partial charge in [0, 0.05) is 11.4 Å². The molecule has 1 aromatic rings. The van der Waals surface area contributed by atoms with Gasteiger partial charge in [0.1, 0.15) is 6.07 Å². The minimum atomic E-state index is -0.0738.